The normalized spacial score (nSPS) is 12.7. The SMILES string of the molecule is CC(Sc1nccn1-c1cccc(F)c1)C(=O)Nc1cccc(S(=O)(=O)N(C)C)c1. The minimum Gasteiger partial charge on any atom is -0.325 e. The van der Waals surface area contributed by atoms with Crippen LogP contribution < -0.4 is 5.32 Å². The summed E-state index contributed by atoms with van der Waals surface area (Å²) in [4.78, 5) is 17.0. The van der Waals surface area contributed by atoms with Gasteiger partial charge in [0.2, 0.25) is 15.9 Å². The zero-order valence-corrected chi connectivity index (χ0v) is 18.2. The van der Waals surface area contributed by atoms with Crippen LogP contribution in [-0.2, 0) is 14.8 Å². The summed E-state index contributed by atoms with van der Waals surface area (Å²) in [6.07, 6.45) is 3.27. The number of nitrogens with one attached hydrogen (secondary N) is 1. The summed E-state index contributed by atoms with van der Waals surface area (Å²) in [6, 6.07) is 12.2. The molecular formula is C20H21FN4O3S2. The van der Waals surface area contributed by atoms with E-state index in [0.29, 0.717) is 16.5 Å². The molecule has 0 saturated carbocycles. The molecule has 1 amide bonds. The van der Waals surface area contributed by atoms with Gasteiger partial charge in [-0.2, -0.15) is 0 Å². The second kappa shape index (κ2) is 8.99. The Morgan fingerprint density at radius 1 is 1.20 bits per heavy atom. The van der Waals surface area contributed by atoms with E-state index < -0.39 is 15.3 Å². The van der Waals surface area contributed by atoms with Gasteiger partial charge in [0, 0.05) is 32.2 Å². The number of thioether (sulfide) groups is 1. The molecule has 0 bridgehead atoms. The maximum atomic E-state index is 13.5. The Hall–Kier alpha value is -2.69. The largest absolute Gasteiger partial charge is 0.325 e. The molecule has 0 aliphatic carbocycles. The van der Waals surface area contributed by atoms with E-state index in [1.807, 2.05) is 0 Å². The number of hydrogen-bond acceptors (Lipinski definition) is 5. The molecule has 3 rings (SSSR count). The molecule has 0 spiro atoms. The molecule has 158 valence electrons. The second-order valence-corrected chi connectivity index (χ2v) is 10.1. The topological polar surface area (TPSA) is 84.3 Å². The van der Waals surface area contributed by atoms with Gasteiger partial charge in [-0.05, 0) is 43.3 Å². The monoisotopic (exact) mass is 448 g/mol. The maximum absolute atomic E-state index is 13.5. The molecular weight excluding hydrogens is 427 g/mol. The van der Waals surface area contributed by atoms with Gasteiger partial charge in [-0.15, -0.1) is 0 Å². The Morgan fingerprint density at radius 3 is 2.63 bits per heavy atom. The predicted octanol–water partition coefficient (Wildman–Crippen LogP) is 3.38. The highest BCUT2D eigenvalue weighted by molar-refractivity contribution is 8.00. The van der Waals surface area contributed by atoms with Gasteiger partial charge in [-0.25, -0.2) is 22.1 Å². The molecule has 0 fully saturated rings. The Bertz CT molecular complexity index is 1160. The highest BCUT2D eigenvalue weighted by Crippen LogP contribution is 2.26. The molecule has 1 N–H and O–H groups in total. The number of carbonyl (C=O) groups excluding carboxylic acids is 1. The summed E-state index contributed by atoms with van der Waals surface area (Å²) >= 11 is 1.21. The van der Waals surface area contributed by atoms with Crippen LogP contribution in [0.3, 0.4) is 0 Å². The lowest BCUT2D eigenvalue weighted by Gasteiger charge is -2.15. The first-order chi connectivity index (χ1) is 14.2. The lowest BCUT2D eigenvalue weighted by atomic mass is 10.3. The van der Waals surface area contributed by atoms with Gasteiger partial charge in [-0.1, -0.05) is 23.9 Å². The van der Waals surface area contributed by atoms with E-state index in [4.69, 9.17) is 0 Å². The van der Waals surface area contributed by atoms with E-state index in [2.05, 4.69) is 10.3 Å². The Morgan fingerprint density at radius 2 is 1.93 bits per heavy atom. The fourth-order valence-electron chi connectivity index (χ4n) is 2.60. The van der Waals surface area contributed by atoms with Crippen molar-refractivity contribution in [2.24, 2.45) is 0 Å². The average Bonchev–Trinajstić information content (AvgIpc) is 3.16. The van der Waals surface area contributed by atoms with Crippen molar-refractivity contribution in [2.45, 2.75) is 22.2 Å². The third-order valence-corrected chi connectivity index (χ3v) is 7.12. The summed E-state index contributed by atoms with van der Waals surface area (Å²) in [5.74, 6) is -0.677. The minimum atomic E-state index is -3.60. The molecule has 1 heterocycles. The second-order valence-electron chi connectivity index (χ2n) is 6.62. The molecule has 1 aromatic heterocycles. The minimum absolute atomic E-state index is 0.0900. The molecule has 0 aliphatic rings. The molecule has 10 heteroatoms. The zero-order valence-electron chi connectivity index (χ0n) is 16.6. The van der Waals surface area contributed by atoms with Gasteiger partial charge < -0.3 is 5.32 Å². The van der Waals surface area contributed by atoms with Crippen LogP contribution in [0.25, 0.3) is 5.69 Å². The van der Waals surface area contributed by atoms with Crippen molar-refractivity contribution in [3.63, 3.8) is 0 Å². The fraction of sp³-hybridized carbons (Fsp3) is 0.200. The number of benzene rings is 2. The number of imidazole rings is 1. The molecule has 0 saturated heterocycles. The van der Waals surface area contributed by atoms with Crippen LogP contribution in [0.2, 0.25) is 0 Å². The van der Waals surface area contributed by atoms with Crippen LogP contribution in [-0.4, -0.2) is 47.5 Å². The summed E-state index contributed by atoms with van der Waals surface area (Å²) in [7, 11) is -0.714. The Labute approximate surface area is 179 Å². The van der Waals surface area contributed by atoms with Gasteiger partial charge in [-0.3, -0.25) is 9.36 Å². The number of nitrogens with zero attached hydrogens (tertiary/aromatic N) is 3. The quantitative estimate of drug-likeness (QED) is 0.560. The molecule has 30 heavy (non-hydrogen) atoms. The highest BCUT2D eigenvalue weighted by atomic mass is 32.2. The van der Waals surface area contributed by atoms with Crippen molar-refractivity contribution in [3.05, 3.63) is 66.7 Å². The maximum Gasteiger partial charge on any atom is 0.242 e. The molecule has 1 unspecified atom stereocenters. The zero-order chi connectivity index (χ0) is 21.9. The lowest BCUT2D eigenvalue weighted by Crippen LogP contribution is -2.24. The van der Waals surface area contributed by atoms with Gasteiger partial charge in [0.25, 0.3) is 0 Å². The van der Waals surface area contributed by atoms with Crippen LogP contribution in [0.4, 0.5) is 10.1 Å². The van der Waals surface area contributed by atoms with E-state index in [1.165, 1.54) is 50.1 Å². The average molecular weight is 449 g/mol. The fourth-order valence-corrected chi connectivity index (χ4v) is 4.43. The van der Waals surface area contributed by atoms with E-state index in [1.54, 1.807) is 48.1 Å². The van der Waals surface area contributed by atoms with Crippen LogP contribution in [0, 0.1) is 5.82 Å². The van der Waals surface area contributed by atoms with Crippen molar-refractivity contribution in [2.75, 3.05) is 19.4 Å². The lowest BCUT2D eigenvalue weighted by molar-refractivity contribution is -0.115. The number of rotatable bonds is 7. The third-order valence-electron chi connectivity index (χ3n) is 4.22. The van der Waals surface area contributed by atoms with E-state index in [9.17, 15) is 17.6 Å². The van der Waals surface area contributed by atoms with Crippen LogP contribution in [0.1, 0.15) is 6.92 Å². The van der Waals surface area contributed by atoms with Crippen LogP contribution >= 0.6 is 11.8 Å². The molecule has 2 aromatic carbocycles. The molecule has 3 aromatic rings. The number of hydrogen-bond donors (Lipinski definition) is 1. The van der Waals surface area contributed by atoms with Crippen molar-refractivity contribution in [1.29, 1.82) is 0 Å². The van der Waals surface area contributed by atoms with Crippen LogP contribution in [0.15, 0.2) is 71.0 Å². The molecule has 7 nitrogen and oxygen atoms in total. The molecule has 1 atom stereocenters. The molecule has 0 aliphatic heterocycles. The summed E-state index contributed by atoms with van der Waals surface area (Å²) in [5.41, 5.74) is 0.980. The van der Waals surface area contributed by atoms with Crippen molar-refractivity contribution < 1.29 is 17.6 Å². The molecule has 0 radical (unpaired) electrons. The van der Waals surface area contributed by atoms with E-state index >= 15 is 0 Å². The Balaban J connectivity index is 1.74. The standard InChI is InChI=1S/C20H21FN4O3S2/c1-14(29-20-22-10-11-25(20)17-8-4-6-15(21)12-17)19(26)23-16-7-5-9-18(13-16)30(27,28)24(2)3/h4-14H,1-3H3,(H,23,26). The third kappa shape index (κ3) is 4.89. The van der Waals surface area contributed by atoms with Crippen molar-refractivity contribution in [3.8, 4) is 5.69 Å². The van der Waals surface area contributed by atoms with Gasteiger partial charge in [0.15, 0.2) is 5.16 Å². The predicted molar refractivity (Wildman–Crippen MR) is 115 cm³/mol. The number of anilines is 1. The Kier molecular flexibility index (Phi) is 6.59. The number of sulfonamides is 1. The number of aromatic nitrogens is 2. The number of amides is 1. The first kappa shape index (κ1) is 22.0. The highest BCUT2D eigenvalue weighted by Gasteiger charge is 2.20. The van der Waals surface area contributed by atoms with Crippen LogP contribution in [0.5, 0.6) is 0 Å². The first-order valence-corrected chi connectivity index (χ1v) is 11.3. The van der Waals surface area contributed by atoms with E-state index in [0.717, 1.165) is 4.31 Å². The van der Waals surface area contributed by atoms with E-state index in [-0.39, 0.29) is 16.6 Å². The van der Waals surface area contributed by atoms with Crippen molar-refractivity contribution in [1.82, 2.24) is 13.9 Å². The number of carbonyl (C=O) groups is 1. The van der Waals surface area contributed by atoms with Crippen molar-refractivity contribution >= 4 is 33.4 Å². The summed E-state index contributed by atoms with van der Waals surface area (Å²) in [5, 5.41) is 2.74. The van der Waals surface area contributed by atoms with Gasteiger partial charge in [0.05, 0.1) is 15.8 Å². The summed E-state index contributed by atoms with van der Waals surface area (Å²) < 4.78 is 40.9. The first-order valence-electron chi connectivity index (χ1n) is 8.98. The van der Waals surface area contributed by atoms with Gasteiger partial charge in [0.1, 0.15) is 5.82 Å². The smallest absolute Gasteiger partial charge is 0.242 e. The van der Waals surface area contributed by atoms with Gasteiger partial charge >= 0.3 is 0 Å². The number of halogens is 1. The summed E-state index contributed by atoms with van der Waals surface area (Å²) in [6.45, 7) is 1.71.